The summed E-state index contributed by atoms with van der Waals surface area (Å²) in [5, 5.41) is 9.66. The van der Waals surface area contributed by atoms with E-state index in [9.17, 15) is 14.9 Å². The number of ketones is 2. The van der Waals surface area contributed by atoms with Gasteiger partial charge in [-0.1, -0.05) is 53.2 Å². The highest BCUT2D eigenvalue weighted by Gasteiger charge is 2.63. The van der Waals surface area contributed by atoms with Crippen LogP contribution in [0.5, 0.6) is 0 Å². The van der Waals surface area contributed by atoms with E-state index in [0.29, 0.717) is 28.6 Å². The highest BCUT2D eigenvalue weighted by Crippen LogP contribution is 2.69. The minimum atomic E-state index is -0.376. The third-order valence-corrected chi connectivity index (χ3v) is 11.2. The molecule has 8 unspecified atom stereocenters. The Labute approximate surface area is 193 Å². The second-order valence-electron chi connectivity index (χ2n) is 13.4. The topological polar surface area (TPSA) is 57.9 Å². The molecule has 0 bridgehead atoms. The highest BCUT2D eigenvalue weighted by molar-refractivity contribution is 6.02. The van der Waals surface area contributed by atoms with Crippen molar-refractivity contribution >= 4 is 11.6 Å². The van der Waals surface area contributed by atoms with Crippen LogP contribution in [0.2, 0.25) is 0 Å². The van der Waals surface area contributed by atoms with E-state index in [1.807, 2.05) is 19.1 Å². The Morgan fingerprint density at radius 2 is 1.62 bits per heavy atom. The summed E-state index contributed by atoms with van der Waals surface area (Å²) < 4.78 is 0. The molecule has 0 N–H and O–H groups in total. The van der Waals surface area contributed by atoms with Crippen molar-refractivity contribution in [2.75, 3.05) is 0 Å². The zero-order chi connectivity index (χ0) is 23.3. The molecule has 3 fully saturated rings. The summed E-state index contributed by atoms with van der Waals surface area (Å²) in [5.74, 6) is 1.31. The van der Waals surface area contributed by atoms with Crippen LogP contribution in [0.4, 0.5) is 0 Å². The third-order valence-electron chi connectivity index (χ3n) is 11.2. The summed E-state index contributed by atoms with van der Waals surface area (Å²) >= 11 is 0. The molecule has 0 heterocycles. The maximum absolute atomic E-state index is 13.9. The van der Waals surface area contributed by atoms with Gasteiger partial charge in [0.05, 0.1) is 5.57 Å². The molecule has 5 aliphatic rings. The lowest BCUT2D eigenvalue weighted by atomic mass is 9.39. The number of carbonyl (C=O) groups excluding carboxylic acids is 2. The van der Waals surface area contributed by atoms with Gasteiger partial charge in [-0.05, 0) is 85.0 Å². The number of fused-ring (bicyclic) bond motifs is 7. The second kappa shape index (κ2) is 6.68. The molecule has 0 saturated heterocycles. The van der Waals surface area contributed by atoms with Crippen LogP contribution in [-0.4, -0.2) is 11.6 Å². The van der Waals surface area contributed by atoms with Crippen molar-refractivity contribution in [2.45, 2.75) is 86.5 Å². The largest absolute Gasteiger partial charge is 0.295 e. The third kappa shape index (κ3) is 2.77. The first kappa shape index (κ1) is 22.1. The van der Waals surface area contributed by atoms with Crippen molar-refractivity contribution in [3.05, 3.63) is 23.3 Å². The summed E-state index contributed by atoms with van der Waals surface area (Å²) in [6.07, 6.45) is 12.0. The number of allylic oxidation sites excluding steroid dienone is 4. The van der Waals surface area contributed by atoms with Crippen molar-refractivity contribution in [1.82, 2.24) is 0 Å². The van der Waals surface area contributed by atoms with E-state index in [1.54, 1.807) is 0 Å². The molecule has 0 radical (unpaired) electrons. The lowest BCUT2D eigenvalue weighted by Gasteiger charge is -2.64. The molecule has 0 aromatic heterocycles. The molecule has 8 atom stereocenters. The number of nitriles is 1. The average Bonchev–Trinajstić information content (AvgIpc) is 2.72. The number of nitrogens with zero attached hydrogens (tertiary/aromatic N) is 1. The van der Waals surface area contributed by atoms with Crippen LogP contribution in [0.15, 0.2) is 23.3 Å². The SMILES string of the molecule is CC1C(=O)C(C#N)=CC2(C)C3=CC(=O)C4C5CC(C)(C)CCC5(C)CCC4C3(C)CCC12. The van der Waals surface area contributed by atoms with E-state index < -0.39 is 0 Å². The Kier molecular flexibility index (Phi) is 4.62. The Bertz CT molecular complexity index is 995. The predicted octanol–water partition coefficient (Wildman–Crippen LogP) is 6.45. The molecule has 172 valence electrons. The molecule has 0 amide bonds. The zero-order valence-corrected chi connectivity index (χ0v) is 20.8. The lowest BCUT2D eigenvalue weighted by Crippen LogP contribution is -2.59. The smallest absolute Gasteiger partial charge is 0.176 e. The maximum atomic E-state index is 13.9. The summed E-state index contributed by atoms with van der Waals surface area (Å²) in [4.78, 5) is 26.7. The number of Topliss-reactive ketones (excluding diaryl/α,β-unsaturated/α-hetero) is 1. The predicted molar refractivity (Wildman–Crippen MR) is 125 cm³/mol. The summed E-state index contributed by atoms with van der Waals surface area (Å²) in [5.41, 5.74) is 1.71. The molecule has 32 heavy (non-hydrogen) atoms. The maximum Gasteiger partial charge on any atom is 0.176 e. The molecular formula is C29H39NO2. The summed E-state index contributed by atoms with van der Waals surface area (Å²) in [6, 6.07) is 2.17. The van der Waals surface area contributed by atoms with Crippen molar-refractivity contribution in [3.8, 4) is 6.07 Å². The quantitative estimate of drug-likeness (QED) is 0.441. The standard InChI is InChI=1S/C29H39NO2/c1-17-19-8-10-28(5)20-7-9-27(4)12-11-26(2,3)15-21(27)24(20)22(31)13-23(28)29(19,6)14-18(16-30)25(17)32/h13-14,17,19-21,24H,7-12,15H2,1-6H3. The van der Waals surface area contributed by atoms with Crippen molar-refractivity contribution in [3.63, 3.8) is 0 Å². The minimum Gasteiger partial charge on any atom is -0.295 e. The van der Waals surface area contributed by atoms with Gasteiger partial charge in [0.1, 0.15) is 6.07 Å². The van der Waals surface area contributed by atoms with Crippen LogP contribution in [0.1, 0.15) is 86.5 Å². The fraction of sp³-hybridized carbons (Fsp3) is 0.759. The van der Waals surface area contributed by atoms with E-state index in [-0.39, 0.29) is 39.8 Å². The van der Waals surface area contributed by atoms with E-state index in [2.05, 4.69) is 40.7 Å². The van der Waals surface area contributed by atoms with E-state index in [1.165, 1.54) is 24.8 Å². The molecule has 0 aliphatic heterocycles. The molecule has 0 spiro atoms. The van der Waals surface area contributed by atoms with Crippen LogP contribution in [-0.2, 0) is 9.59 Å². The van der Waals surface area contributed by atoms with Gasteiger partial charge in [-0.25, -0.2) is 0 Å². The fourth-order valence-electron chi connectivity index (χ4n) is 9.17. The molecule has 3 heteroatoms. The highest BCUT2D eigenvalue weighted by atomic mass is 16.1. The number of hydrogen-bond donors (Lipinski definition) is 0. The van der Waals surface area contributed by atoms with Crippen LogP contribution in [0, 0.1) is 62.6 Å². The molecule has 5 aliphatic carbocycles. The molecule has 3 nitrogen and oxygen atoms in total. The van der Waals surface area contributed by atoms with Gasteiger partial charge in [0.15, 0.2) is 11.6 Å². The van der Waals surface area contributed by atoms with Crippen LogP contribution in [0.3, 0.4) is 0 Å². The molecule has 0 aromatic rings. The van der Waals surface area contributed by atoms with E-state index in [0.717, 1.165) is 25.7 Å². The normalized spacial score (nSPS) is 49.5. The first-order valence-corrected chi connectivity index (χ1v) is 12.8. The number of carbonyl (C=O) groups is 2. The van der Waals surface area contributed by atoms with Gasteiger partial charge in [0.25, 0.3) is 0 Å². The Balaban J connectivity index is 1.63. The van der Waals surface area contributed by atoms with Gasteiger partial charge >= 0.3 is 0 Å². The molecular weight excluding hydrogens is 394 g/mol. The van der Waals surface area contributed by atoms with Crippen molar-refractivity contribution < 1.29 is 9.59 Å². The zero-order valence-electron chi connectivity index (χ0n) is 20.8. The van der Waals surface area contributed by atoms with Crippen molar-refractivity contribution in [1.29, 1.82) is 5.26 Å². The van der Waals surface area contributed by atoms with E-state index in [4.69, 9.17) is 0 Å². The van der Waals surface area contributed by atoms with Gasteiger partial charge < -0.3 is 0 Å². The first-order chi connectivity index (χ1) is 14.9. The van der Waals surface area contributed by atoms with E-state index >= 15 is 0 Å². The summed E-state index contributed by atoms with van der Waals surface area (Å²) in [6.45, 7) is 13.8. The lowest BCUT2D eigenvalue weighted by molar-refractivity contribution is -0.144. The molecule has 3 saturated carbocycles. The summed E-state index contributed by atoms with van der Waals surface area (Å²) in [7, 11) is 0. The fourth-order valence-corrected chi connectivity index (χ4v) is 9.17. The van der Waals surface area contributed by atoms with Gasteiger partial charge in [-0.2, -0.15) is 5.26 Å². The van der Waals surface area contributed by atoms with Gasteiger partial charge in [-0.15, -0.1) is 0 Å². The van der Waals surface area contributed by atoms with Crippen molar-refractivity contribution in [2.24, 2.45) is 51.2 Å². The van der Waals surface area contributed by atoms with Gasteiger partial charge in [0.2, 0.25) is 0 Å². The average molecular weight is 434 g/mol. The molecule has 5 rings (SSSR count). The van der Waals surface area contributed by atoms with Gasteiger partial charge in [-0.3, -0.25) is 9.59 Å². The van der Waals surface area contributed by atoms with Crippen LogP contribution < -0.4 is 0 Å². The first-order valence-electron chi connectivity index (χ1n) is 12.8. The second-order valence-corrected chi connectivity index (χ2v) is 13.4. The Morgan fingerprint density at radius 3 is 2.31 bits per heavy atom. The van der Waals surface area contributed by atoms with Gasteiger partial charge in [0, 0.05) is 17.3 Å². The number of hydrogen-bond acceptors (Lipinski definition) is 3. The number of rotatable bonds is 0. The Hall–Kier alpha value is -1.69. The monoisotopic (exact) mass is 433 g/mol. The van der Waals surface area contributed by atoms with Crippen LogP contribution in [0.25, 0.3) is 0 Å². The minimum absolute atomic E-state index is 0.0166. The van der Waals surface area contributed by atoms with Crippen LogP contribution >= 0.6 is 0 Å². The molecule has 0 aromatic carbocycles. The Morgan fingerprint density at radius 1 is 0.938 bits per heavy atom.